The van der Waals surface area contributed by atoms with Crippen LogP contribution in [0.25, 0.3) is 0 Å². The van der Waals surface area contributed by atoms with E-state index in [2.05, 4.69) is 10.6 Å². The van der Waals surface area contributed by atoms with Gasteiger partial charge in [-0.15, -0.1) is 0 Å². The molecule has 0 radical (unpaired) electrons. The summed E-state index contributed by atoms with van der Waals surface area (Å²) in [5, 5.41) is 13.2. The lowest BCUT2D eigenvalue weighted by molar-refractivity contribution is -0.129. The molecular formula is C13H18N4O3. The summed E-state index contributed by atoms with van der Waals surface area (Å²) in [6.45, 7) is -0.283. The zero-order valence-corrected chi connectivity index (χ0v) is 11.3. The van der Waals surface area contributed by atoms with Crippen molar-refractivity contribution in [1.29, 1.82) is 5.26 Å². The number of nitriles is 1. The normalized spacial score (nSPS) is 21.2. The van der Waals surface area contributed by atoms with Crippen LogP contribution in [0.4, 0.5) is 4.79 Å². The summed E-state index contributed by atoms with van der Waals surface area (Å²) in [4.78, 5) is 37.2. The van der Waals surface area contributed by atoms with E-state index >= 15 is 0 Å². The van der Waals surface area contributed by atoms with Gasteiger partial charge in [0.1, 0.15) is 18.6 Å². The van der Waals surface area contributed by atoms with Crippen LogP contribution >= 0.6 is 0 Å². The molecule has 1 aliphatic heterocycles. The van der Waals surface area contributed by atoms with Gasteiger partial charge >= 0.3 is 6.03 Å². The van der Waals surface area contributed by atoms with E-state index in [-0.39, 0.29) is 19.0 Å². The molecule has 1 aliphatic carbocycles. The predicted octanol–water partition coefficient (Wildman–Crippen LogP) is 0.271. The minimum Gasteiger partial charge on any atom is -0.341 e. The molecule has 1 heterocycles. The highest BCUT2D eigenvalue weighted by atomic mass is 16.2. The molecule has 0 atom stereocenters. The first kappa shape index (κ1) is 14.3. The Hall–Kier alpha value is -2.10. The molecule has 2 fully saturated rings. The molecule has 1 saturated heterocycles. The van der Waals surface area contributed by atoms with E-state index in [0.717, 1.165) is 25.7 Å². The molecule has 0 aromatic carbocycles. The van der Waals surface area contributed by atoms with Crippen molar-refractivity contribution in [2.24, 2.45) is 0 Å². The van der Waals surface area contributed by atoms with E-state index in [9.17, 15) is 14.4 Å². The van der Waals surface area contributed by atoms with Gasteiger partial charge in [0.25, 0.3) is 5.91 Å². The number of imide groups is 1. The summed E-state index contributed by atoms with van der Waals surface area (Å²) in [6, 6.07) is 1.30. The summed E-state index contributed by atoms with van der Waals surface area (Å²) >= 11 is 0. The van der Waals surface area contributed by atoms with Gasteiger partial charge in [-0.25, -0.2) is 4.79 Å². The van der Waals surface area contributed by atoms with E-state index in [1.165, 1.54) is 4.90 Å². The second kappa shape index (κ2) is 5.90. The minimum absolute atomic E-state index is 0.102. The second-order valence-corrected chi connectivity index (χ2v) is 5.23. The molecule has 7 nitrogen and oxygen atoms in total. The summed E-state index contributed by atoms with van der Waals surface area (Å²) in [6.07, 6.45) is 5.01. The molecule has 20 heavy (non-hydrogen) atoms. The summed E-state index contributed by atoms with van der Waals surface area (Å²) in [7, 11) is 0. The maximum Gasteiger partial charge on any atom is 0.325 e. The van der Waals surface area contributed by atoms with Crippen LogP contribution in [-0.2, 0) is 9.59 Å². The van der Waals surface area contributed by atoms with Gasteiger partial charge in [-0.3, -0.25) is 14.9 Å². The Bertz CT molecular complexity index is 461. The highest BCUT2D eigenvalue weighted by Gasteiger charge is 2.52. The van der Waals surface area contributed by atoms with E-state index in [0.29, 0.717) is 12.8 Å². The fraction of sp³-hybridized carbons (Fsp3) is 0.692. The molecule has 0 bridgehead atoms. The van der Waals surface area contributed by atoms with Crippen molar-refractivity contribution in [3.8, 4) is 6.07 Å². The number of nitrogens with zero attached hydrogens (tertiary/aromatic N) is 2. The minimum atomic E-state index is -0.877. The molecule has 1 spiro atoms. The van der Waals surface area contributed by atoms with Crippen LogP contribution in [0.5, 0.6) is 0 Å². The summed E-state index contributed by atoms with van der Waals surface area (Å²) < 4.78 is 0. The van der Waals surface area contributed by atoms with Gasteiger partial charge in [-0.05, 0) is 12.8 Å². The van der Waals surface area contributed by atoms with Crippen molar-refractivity contribution in [2.75, 3.05) is 13.1 Å². The van der Waals surface area contributed by atoms with Crippen molar-refractivity contribution in [3.63, 3.8) is 0 Å². The van der Waals surface area contributed by atoms with Gasteiger partial charge < -0.3 is 10.2 Å². The Balaban J connectivity index is 2.15. The standard InChI is InChI=1S/C13H18N4O3/c14-7-8-15-10(18)9-17-12(20)16-11(19)13(17)5-3-1-2-4-6-13/h1-6,8-9H2,(H,15,18)(H,16,19,20). The van der Waals surface area contributed by atoms with Crippen LogP contribution in [0.15, 0.2) is 0 Å². The SMILES string of the molecule is N#CCNC(=O)CN1C(=O)NC(=O)C12CCCCCC2. The van der Waals surface area contributed by atoms with Gasteiger partial charge in [-0.2, -0.15) is 5.26 Å². The Morgan fingerprint density at radius 1 is 1.30 bits per heavy atom. The lowest BCUT2D eigenvalue weighted by Crippen LogP contribution is -2.52. The third-order valence-corrected chi connectivity index (χ3v) is 4.00. The Kier molecular flexibility index (Phi) is 4.23. The largest absolute Gasteiger partial charge is 0.341 e. The van der Waals surface area contributed by atoms with Crippen LogP contribution in [0.1, 0.15) is 38.5 Å². The Labute approximate surface area is 117 Å². The molecule has 0 unspecified atom stereocenters. The number of rotatable bonds is 3. The lowest BCUT2D eigenvalue weighted by Gasteiger charge is -2.33. The molecule has 7 heteroatoms. The van der Waals surface area contributed by atoms with Crippen LogP contribution in [0.3, 0.4) is 0 Å². The van der Waals surface area contributed by atoms with E-state index < -0.39 is 17.5 Å². The third-order valence-electron chi connectivity index (χ3n) is 4.00. The maximum atomic E-state index is 12.2. The van der Waals surface area contributed by atoms with Crippen molar-refractivity contribution < 1.29 is 14.4 Å². The Morgan fingerprint density at radius 2 is 1.95 bits per heavy atom. The van der Waals surface area contributed by atoms with Gasteiger partial charge in [0.15, 0.2) is 0 Å². The van der Waals surface area contributed by atoms with Crippen LogP contribution in [0, 0.1) is 11.3 Å². The summed E-state index contributed by atoms with van der Waals surface area (Å²) in [5.74, 6) is -0.711. The molecule has 2 N–H and O–H groups in total. The number of hydrogen-bond donors (Lipinski definition) is 2. The molecule has 4 amide bonds. The quantitative estimate of drug-likeness (QED) is 0.571. The van der Waals surface area contributed by atoms with Crippen molar-refractivity contribution in [2.45, 2.75) is 44.1 Å². The molecule has 2 rings (SSSR count). The van der Waals surface area contributed by atoms with Gasteiger partial charge in [0.05, 0.1) is 6.07 Å². The first-order valence-corrected chi connectivity index (χ1v) is 6.87. The number of hydrogen-bond acceptors (Lipinski definition) is 4. The van der Waals surface area contributed by atoms with E-state index in [1.54, 1.807) is 6.07 Å². The van der Waals surface area contributed by atoms with Crippen molar-refractivity contribution in [1.82, 2.24) is 15.5 Å². The fourth-order valence-electron chi connectivity index (χ4n) is 2.97. The maximum absolute atomic E-state index is 12.2. The number of carbonyl (C=O) groups is 3. The zero-order chi connectivity index (χ0) is 14.6. The smallest absolute Gasteiger partial charge is 0.325 e. The van der Waals surface area contributed by atoms with Crippen molar-refractivity contribution >= 4 is 17.8 Å². The first-order valence-electron chi connectivity index (χ1n) is 6.87. The molecule has 108 valence electrons. The molecule has 0 aromatic rings. The van der Waals surface area contributed by atoms with E-state index in [1.807, 2.05) is 0 Å². The van der Waals surface area contributed by atoms with Gasteiger partial charge in [-0.1, -0.05) is 25.7 Å². The van der Waals surface area contributed by atoms with Crippen LogP contribution in [-0.4, -0.2) is 41.4 Å². The third kappa shape index (κ3) is 2.59. The second-order valence-electron chi connectivity index (χ2n) is 5.23. The number of nitrogens with one attached hydrogen (secondary N) is 2. The average molecular weight is 278 g/mol. The number of carbonyl (C=O) groups excluding carboxylic acids is 3. The highest BCUT2D eigenvalue weighted by molar-refractivity contribution is 6.08. The van der Waals surface area contributed by atoms with Crippen LogP contribution in [0.2, 0.25) is 0 Å². The molecule has 2 aliphatic rings. The highest BCUT2D eigenvalue weighted by Crippen LogP contribution is 2.35. The molecule has 1 saturated carbocycles. The van der Waals surface area contributed by atoms with Gasteiger partial charge in [0, 0.05) is 0 Å². The summed E-state index contributed by atoms with van der Waals surface area (Å²) in [5.41, 5.74) is -0.877. The molecule has 0 aromatic heterocycles. The van der Waals surface area contributed by atoms with Crippen LogP contribution < -0.4 is 10.6 Å². The zero-order valence-electron chi connectivity index (χ0n) is 11.3. The first-order chi connectivity index (χ1) is 9.60. The number of urea groups is 1. The monoisotopic (exact) mass is 278 g/mol. The fourth-order valence-corrected chi connectivity index (χ4v) is 2.97. The van der Waals surface area contributed by atoms with Gasteiger partial charge in [0.2, 0.25) is 5.91 Å². The predicted molar refractivity (Wildman–Crippen MR) is 69.3 cm³/mol. The average Bonchev–Trinajstić information content (AvgIpc) is 2.64. The topological polar surface area (TPSA) is 102 Å². The molecular weight excluding hydrogens is 260 g/mol. The van der Waals surface area contributed by atoms with Crippen molar-refractivity contribution in [3.05, 3.63) is 0 Å². The van der Waals surface area contributed by atoms with E-state index in [4.69, 9.17) is 5.26 Å². The Morgan fingerprint density at radius 3 is 2.55 bits per heavy atom. The lowest BCUT2D eigenvalue weighted by atomic mass is 9.88. The number of amides is 4.